The van der Waals surface area contributed by atoms with Crippen LogP contribution in [0.3, 0.4) is 0 Å². The lowest BCUT2D eigenvalue weighted by Crippen LogP contribution is -1.95. The van der Waals surface area contributed by atoms with Crippen molar-refractivity contribution in [3.8, 4) is 17.2 Å². The number of phenols is 3. The van der Waals surface area contributed by atoms with Crippen LogP contribution in [0.4, 0.5) is 0 Å². The molecule has 0 atom stereocenters. The van der Waals surface area contributed by atoms with E-state index < -0.39 is 23.2 Å². The van der Waals surface area contributed by atoms with Crippen LogP contribution in [0.5, 0.6) is 17.2 Å². The fraction of sp³-hybridized carbons (Fsp3) is 0. The largest absolute Gasteiger partial charge is 0.504 e. The molecule has 15 heavy (non-hydrogen) atoms. The van der Waals surface area contributed by atoms with Crippen molar-refractivity contribution >= 4 is 5.97 Å². The summed E-state index contributed by atoms with van der Waals surface area (Å²) in [6, 6.07) is 1.69. The summed E-state index contributed by atoms with van der Waals surface area (Å²) in [5.41, 5.74) is 10.7. The highest BCUT2D eigenvalue weighted by molar-refractivity contribution is 5.89. The number of nitrogens with one attached hydrogen (secondary N) is 2. The number of nitrogens with zero attached hydrogens (tertiary/aromatic N) is 1. The Labute approximate surface area is 83.1 Å². The van der Waals surface area contributed by atoms with Crippen LogP contribution in [-0.2, 0) is 0 Å². The van der Waals surface area contributed by atoms with Crippen LogP contribution >= 0.6 is 0 Å². The smallest absolute Gasteiger partial charge is 0.335 e. The zero-order valence-corrected chi connectivity index (χ0v) is 7.30. The average molecular weight is 214 g/mol. The molecule has 0 fully saturated rings. The Morgan fingerprint density at radius 2 is 1.47 bits per heavy atom. The van der Waals surface area contributed by atoms with Gasteiger partial charge in [0.25, 0.3) is 0 Å². The van der Waals surface area contributed by atoms with E-state index in [0.29, 0.717) is 0 Å². The van der Waals surface area contributed by atoms with E-state index in [4.69, 9.17) is 31.5 Å². The first kappa shape index (κ1) is 12.4. The van der Waals surface area contributed by atoms with E-state index in [1.807, 2.05) is 4.91 Å². The Balaban J connectivity index is 0.000000583. The van der Waals surface area contributed by atoms with E-state index in [0.717, 1.165) is 12.1 Å². The number of hydrogen-bond acceptors (Lipinski definition) is 6. The van der Waals surface area contributed by atoms with Gasteiger partial charge in [0.2, 0.25) is 4.91 Å². The summed E-state index contributed by atoms with van der Waals surface area (Å²) in [5.74, 6) is -3.33. The molecule has 0 spiro atoms. The van der Waals surface area contributed by atoms with Gasteiger partial charge in [0, 0.05) is 0 Å². The molecule has 1 rings (SSSR count). The molecule has 0 aliphatic rings. The van der Waals surface area contributed by atoms with E-state index in [2.05, 4.69) is 0 Å². The van der Waals surface area contributed by atoms with Crippen LogP contribution in [0, 0.1) is 11.1 Å². The topological polar surface area (TPSA) is 160 Å². The predicted molar refractivity (Wildman–Crippen MR) is 46.0 cm³/mol. The van der Waals surface area contributed by atoms with Gasteiger partial charge in [-0.25, -0.2) is 4.79 Å². The number of phenolic OH excluding ortho intramolecular Hbond substituents is 3. The minimum absolute atomic E-state index is 0.289. The van der Waals surface area contributed by atoms with Gasteiger partial charge in [0.15, 0.2) is 17.2 Å². The van der Waals surface area contributed by atoms with Crippen LogP contribution < -0.4 is 4.91 Å². The van der Waals surface area contributed by atoms with Gasteiger partial charge in [0.05, 0.1) is 5.56 Å². The maximum atomic E-state index is 10.3. The van der Waals surface area contributed by atoms with E-state index >= 15 is 0 Å². The van der Waals surface area contributed by atoms with Gasteiger partial charge in [-0.05, 0) is 12.1 Å². The number of rotatable bonds is 1. The molecule has 1 aromatic carbocycles. The van der Waals surface area contributed by atoms with Gasteiger partial charge in [0.1, 0.15) is 11.1 Å². The minimum atomic E-state index is -1.29. The van der Waals surface area contributed by atoms with Crippen molar-refractivity contribution in [1.29, 1.82) is 11.1 Å². The maximum absolute atomic E-state index is 10.3. The third-order valence-corrected chi connectivity index (χ3v) is 1.32. The quantitative estimate of drug-likeness (QED) is 0.229. The zero-order chi connectivity index (χ0) is 12.0. The molecule has 0 aliphatic carbocycles. The van der Waals surface area contributed by atoms with Gasteiger partial charge in [-0.3, -0.25) is 0 Å². The van der Waals surface area contributed by atoms with Crippen molar-refractivity contribution in [2.24, 2.45) is 0 Å². The first-order chi connectivity index (χ1) is 6.93. The highest BCUT2D eigenvalue weighted by Gasteiger charge is 2.11. The van der Waals surface area contributed by atoms with Crippen molar-refractivity contribution in [2.45, 2.75) is 0 Å². The lowest BCUT2D eigenvalue weighted by atomic mass is 10.2. The average Bonchev–Trinajstić information content (AvgIpc) is 2.14. The molecule has 0 amide bonds. The molecule has 0 saturated heterocycles. The molecular formula is C7H8N3O5+. The summed E-state index contributed by atoms with van der Waals surface area (Å²) >= 11 is 0. The van der Waals surface area contributed by atoms with Gasteiger partial charge < -0.3 is 20.4 Å². The third-order valence-electron chi connectivity index (χ3n) is 1.32. The zero-order valence-electron chi connectivity index (χ0n) is 7.30. The monoisotopic (exact) mass is 214 g/mol. The van der Waals surface area contributed by atoms with Crippen LogP contribution in [0.1, 0.15) is 10.4 Å². The van der Waals surface area contributed by atoms with Crippen molar-refractivity contribution in [2.75, 3.05) is 0 Å². The van der Waals surface area contributed by atoms with E-state index in [1.165, 1.54) is 0 Å². The second kappa shape index (κ2) is 5.20. The molecule has 0 bridgehead atoms. The lowest BCUT2D eigenvalue weighted by Gasteiger charge is -2.01. The van der Waals surface area contributed by atoms with Gasteiger partial charge >= 0.3 is 5.97 Å². The molecule has 8 heteroatoms. The molecule has 0 radical (unpaired) electrons. The molecule has 1 aromatic rings. The highest BCUT2D eigenvalue weighted by Crippen LogP contribution is 2.35. The Morgan fingerprint density at radius 3 is 1.73 bits per heavy atom. The van der Waals surface area contributed by atoms with Crippen LogP contribution in [0.15, 0.2) is 12.1 Å². The summed E-state index contributed by atoms with van der Waals surface area (Å²) < 4.78 is 0. The summed E-state index contributed by atoms with van der Waals surface area (Å²) in [7, 11) is 0. The number of carbonyl (C=O) groups is 1. The van der Waals surface area contributed by atoms with E-state index in [-0.39, 0.29) is 5.56 Å². The Bertz CT molecular complexity index is 388. The normalized spacial score (nSPS) is 8.27. The second-order valence-corrected chi connectivity index (χ2v) is 2.28. The number of aromatic carboxylic acids is 1. The molecule has 0 unspecified atom stereocenters. The number of aromatic hydroxyl groups is 3. The van der Waals surface area contributed by atoms with Crippen molar-refractivity contribution in [3.05, 3.63) is 17.7 Å². The van der Waals surface area contributed by atoms with Crippen molar-refractivity contribution in [3.63, 3.8) is 0 Å². The lowest BCUT2D eigenvalue weighted by molar-refractivity contribution is 0.0696. The van der Waals surface area contributed by atoms with E-state index in [1.54, 1.807) is 0 Å². The summed E-state index contributed by atoms with van der Waals surface area (Å²) in [6.07, 6.45) is 0. The Hall–Kier alpha value is -2.60. The van der Waals surface area contributed by atoms with Crippen molar-refractivity contribution in [1.82, 2.24) is 4.91 Å². The Morgan fingerprint density at radius 1 is 1.13 bits per heavy atom. The molecule has 6 N–H and O–H groups in total. The van der Waals surface area contributed by atoms with Gasteiger partial charge in [-0.1, -0.05) is 0 Å². The first-order valence-electron chi connectivity index (χ1n) is 3.45. The summed E-state index contributed by atoms with van der Waals surface area (Å²) in [6.45, 7) is 0. The number of benzene rings is 1. The minimum Gasteiger partial charge on any atom is -0.504 e. The van der Waals surface area contributed by atoms with Crippen LogP contribution in [0.2, 0.25) is 0 Å². The van der Waals surface area contributed by atoms with E-state index in [9.17, 15) is 4.79 Å². The number of hydrogen-bond donors (Lipinski definition) is 6. The second-order valence-electron chi connectivity index (χ2n) is 2.28. The predicted octanol–water partition coefficient (Wildman–Crippen LogP) is 0.617. The van der Waals surface area contributed by atoms with Crippen LogP contribution in [-0.4, -0.2) is 26.4 Å². The van der Waals surface area contributed by atoms with Crippen molar-refractivity contribution < 1.29 is 25.2 Å². The fourth-order valence-electron chi connectivity index (χ4n) is 0.728. The van der Waals surface area contributed by atoms with Gasteiger partial charge in [-0.2, -0.15) is 0 Å². The summed E-state index contributed by atoms with van der Waals surface area (Å²) in [4.78, 5) is 12.3. The standard InChI is InChI=1S/C7H6O5.H2N3/c8-4-1-3(7(11)12)2-5(9)6(4)10;1-3-2/h1-2,8-10H,(H,11,12);1-2H/q;+1. The van der Waals surface area contributed by atoms with Gasteiger partial charge in [-0.15, -0.1) is 0 Å². The molecule has 0 aliphatic heterocycles. The SMILES string of the molecule is N=[N+]=N.O=C(O)c1cc(O)c(O)c(O)c1. The third kappa shape index (κ3) is 3.33. The molecule has 80 valence electrons. The highest BCUT2D eigenvalue weighted by atomic mass is 16.4. The maximum Gasteiger partial charge on any atom is 0.335 e. The number of carboxylic acid groups (broad SMARTS) is 1. The fourth-order valence-corrected chi connectivity index (χ4v) is 0.728. The molecule has 0 saturated carbocycles. The Kier molecular flexibility index (Phi) is 4.30. The van der Waals surface area contributed by atoms with Crippen LogP contribution in [0.25, 0.3) is 0 Å². The molecule has 0 aromatic heterocycles. The first-order valence-corrected chi connectivity index (χ1v) is 3.45. The molecular weight excluding hydrogens is 206 g/mol. The molecule has 8 nitrogen and oxygen atoms in total. The molecule has 0 heterocycles. The number of carboxylic acids is 1. The summed E-state index contributed by atoms with van der Waals surface area (Å²) in [5, 5.41) is 35.0.